The number of aliphatic imine (C=N–C) groups is 1. The molecule has 1 aromatic rings. The molecule has 0 radical (unpaired) electrons. The van der Waals surface area contributed by atoms with Gasteiger partial charge < -0.3 is 10.6 Å². The van der Waals surface area contributed by atoms with Crippen molar-refractivity contribution in [3.8, 4) is 0 Å². The van der Waals surface area contributed by atoms with Crippen molar-refractivity contribution in [2.45, 2.75) is 70.2 Å². The van der Waals surface area contributed by atoms with E-state index in [1.54, 1.807) is 4.68 Å². The number of aryl methyl sites for hydroxylation is 2. The number of guanidine groups is 1. The Hall–Kier alpha value is -0.710. The fraction of sp³-hybridized carbons (Fsp3) is 0.833. The molecular weight excluding hydrogens is 475 g/mol. The van der Waals surface area contributed by atoms with Gasteiger partial charge in [-0.3, -0.25) is 9.56 Å². The Bertz CT molecular complexity index is 680. The summed E-state index contributed by atoms with van der Waals surface area (Å²) in [5, 5.41) is 11.2. The largest absolute Gasteiger partial charge is 0.357 e. The van der Waals surface area contributed by atoms with E-state index in [0.717, 1.165) is 63.6 Å². The molecule has 0 amide bonds. The van der Waals surface area contributed by atoms with Crippen LogP contribution in [-0.4, -0.2) is 50.4 Å². The highest BCUT2D eigenvalue weighted by molar-refractivity contribution is 14.0. The lowest BCUT2D eigenvalue weighted by atomic mass is 10.1. The fourth-order valence-electron chi connectivity index (χ4n) is 3.58. The van der Waals surface area contributed by atoms with Crippen molar-refractivity contribution in [3.05, 3.63) is 16.3 Å². The molecule has 0 saturated carbocycles. The topological polar surface area (TPSA) is 76.2 Å². The fourth-order valence-corrected chi connectivity index (χ4v) is 4.81. The van der Waals surface area contributed by atoms with Crippen molar-refractivity contribution in [3.63, 3.8) is 0 Å². The number of hydrogen-bond donors (Lipinski definition) is 2. The van der Waals surface area contributed by atoms with Gasteiger partial charge in [-0.05, 0) is 51.7 Å². The molecule has 0 bridgehead atoms. The predicted molar refractivity (Wildman–Crippen MR) is 124 cm³/mol. The molecule has 2 aliphatic heterocycles. The van der Waals surface area contributed by atoms with E-state index >= 15 is 0 Å². The molecular formula is C18H33IN6OS. The smallest absolute Gasteiger partial charge is 0.345 e. The average Bonchev–Trinajstić information content (AvgIpc) is 3.21. The molecule has 1 fully saturated rings. The van der Waals surface area contributed by atoms with Gasteiger partial charge in [-0.15, -0.1) is 24.0 Å². The molecule has 0 aliphatic carbocycles. The van der Waals surface area contributed by atoms with Crippen LogP contribution < -0.4 is 16.3 Å². The van der Waals surface area contributed by atoms with Gasteiger partial charge >= 0.3 is 5.69 Å². The predicted octanol–water partition coefficient (Wildman–Crippen LogP) is 2.23. The minimum atomic E-state index is 0. The van der Waals surface area contributed by atoms with E-state index in [1.807, 2.05) is 16.3 Å². The van der Waals surface area contributed by atoms with Crippen LogP contribution in [0.1, 0.15) is 51.8 Å². The Morgan fingerprint density at radius 3 is 2.89 bits per heavy atom. The number of fused-ring (bicyclic) bond motifs is 1. The van der Waals surface area contributed by atoms with E-state index in [1.165, 1.54) is 18.6 Å². The van der Waals surface area contributed by atoms with Gasteiger partial charge in [0.25, 0.3) is 0 Å². The third-order valence-corrected chi connectivity index (χ3v) is 6.61. The number of hydrogen-bond acceptors (Lipinski definition) is 4. The highest BCUT2D eigenvalue weighted by Gasteiger charge is 2.29. The molecule has 1 saturated heterocycles. The van der Waals surface area contributed by atoms with E-state index in [4.69, 9.17) is 4.99 Å². The van der Waals surface area contributed by atoms with Crippen LogP contribution in [-0.2, 0) is 19.5 Å². The van der Waals surface area contributed by atoms with Crippen LogP contribution in [0.5, 0.6) is 0 Å². The van der Waals surface area contributed by atoms with Crippen LogP contribution in [0.25, 0.3) is 0 Å². The van der Waals surface area contributed by atoms with Crippen molar-refractivity contribution in [1.82, 2.24) is 25.0 Å². The van der Waals surface area contributed by atoms with Gasteiger partial charge in [0.1, 0.15) is 5.82 Å². The Kier molecular flexibility index (Phi) is 8.97. The molecule has 3 heterocycles. The Balaban J connectivity index is 0.00000261. The van der Waals surface area contributed by atoms with E-state index < -0.39 is 0 Å². The van der Waals surface area contributed by atoms with Gasteiger partial charge in [0.2, 0.25) is 0 Å². The Morgan fingerprint density at radius 2 is 2.19 bits per heavy atom. The van der Waals surface area contributed by atoms with Crippen LogP contribution in [0.2, 0.25) is 0 Å². The van der Waals surface area contributed by atoms with E-state index in [2.05, 4.69) is 29.6 Å². The van der Waals surface area contributed by atoms with Gasteiger partial charge in [0.05, 0.1) is 6.54 Å². The lowest BCUT2D eigenvalue weighted by Gasteiger charge is -2.21. The van der Waals surface area contributed by atoms with E-state index in [9.17, 15) is 4.79 Å². The first-order valence-corrected chi connectivity index (χ1v) is 10.9. The highest BCUT2D eigenvalue weighted by Crippen LogP contribution is 2.37. The van der Waals surface area contributed by atoms with Gasteiger partial charge in [0.15, 0.2) is 5.96 Å². The lowest BCUT2D eigenvalue weighted by molar-refractivity contribution is 0.509. The summed E-state index contributed by atoms with van der Waals surface area (Å²) in [6.45, 7) is 8.34. The van der Waals surface area contributed by atoms with Crippen molar-refractivity contribution in [2.75, 3.05) is 25.4 Å². The number of aromatic nitrogens is 3. The average molecular weight is 508 g/mol. The zero-order chi connectivity index (χ0) is 18.4. The standard InChI is InChI=1S/C18H32N6OS.HI/c1-3-19-16(21-14-18(2)9-6-13-26-18)20-10-7-12-24-17(25)23-11-5-4-8-15(23)22-24;/h3-14H2,1-2H3,(H2,19,20,21);1H. The first kappa shape index (κ1) is 22.6. The van der Waals surface area contributed by atoms with E-state index in [0.29, 0.717) is 6.54 Å². The summed E-state index contributed by atoms with van der Waals surface area (Å²) in [5.74, 6) is 3.07. The summed E-state index contributed by atoms with van der Waals surface area (Å²) in [4.78, 5) is 17.1. The molecule has 2 N–H and O–H groups in total. The maximum absolute atomic E-state index is 12.3. The molecule has 3 rings (SSSR count). The normalized spacial score (nSPS) is 22.2. The second kappa shape index (κ2) is 10.7. The Morgan fingerprint density at radius 1 is 1.33 bits per heavy atom. The second-order valence-corrected chi connectivity index (χ2v) is 9.09. The SMILES string of the molecule is CCNC(=NCC1(C)CCCS1)NCCCn1nc2n(c1=O)CCCC2.I. The van der Waals surface area contributed by atoms with Crippen LogP contribution in [0.4, 0.5) is 0 Å². The maximum Gasteiger partial charge on any atom is 0.345 e. The van der Waals surface area contributed by atoms with Crippen LogP contribution in [0.15, 0.2) is 9.79 Å². The highest BCUT2D eigenvalue weighted by atomic mass is 127. The summed E-state index contributed by atoms with van der Waals surface area (Å²) >= 11 is 2.03. The van der Waals surface area contributed by atoms with Gasteiger partial charge in [-0.25, -0.2) is 9.48 Å². The first-order valence-electron chi connectivity index (χ1n) is 9.94. The summed E-state index contributed by atoms with van der Waals surface area (Å²) in [7, 11) is 0. The number of nitrogens with zero attached hydrogens (tertiary/aromatic N) is 4. The monoisotopic (exact) mass is 508 g/mol. The van der Waals surface area contributed by atoms with Crippen LogP contribution >= 0.6 is 35.7 Å². The summed E-state index contributed by atoms with van der Waals surface area (Å²) in [6, 6.07) is 0. The molecule has 154 valence electrons. The molecule has 27 heavy (non-hydrogen) atoms. The molecule has 2 aliphatic rings. The number of rotatable bonds is 7. The molecule has 1 aromatic heterocycles. The molecule has 1 unspecified atom stereocenters. The number of nitrogens with one attached hydrogen (secondary N) is 2. The third-order valence-electron chi connectivity index (χ3n) is 5.09. The summed E-state index contributed by atoms with van der Waals surface area (Å²) in [5.41, 5.74) is 0.0476. The zero-order valence-electron chi connectivity index (χ0n) is 16.5. The van der Waals surface area contributed by atoms with Crippen molar-refractivity contribution in [1.29, 1.82) is 0 Å². The lowest BCUT2D eigenvalue weighted by Crippen LogP contribution is -2.39. The molecule has 7 nitrogen and oxygen atoms in total. The second-order valence-electron chi connectivity index (χ2n) is 7.41. The first-order chi connectivity index (χ1) is 12.6. The van der Waals surface area contributed by atoms with Crippen molar-refractivity contribution in [2.24, 2.45) is 4.99 Å². The zero-order valence-corrected chi connectivity index (χ0v) is 19.6. The molecule has 0 aromatic carbocycles. The summed E-state index contributed by atoms with van der Waals surface area (Å²) < 4.78 is 3.75. The quantitative estimate of drug-likeness (QED) is 0.256. The van der Waals surface area contributed by atoms with Gasteiger partial charge in [-0.2, -0.15) is 16.9 Å². The minimum absolute atomic E-state index is 0. The molecule has 9 heteroatoms. The van der Waals surface area contributed by atoms with E-state index in [-0.39, 0.29) is 34.4 Å². The van der Waals surface area contributed by atoms with Gasteiger partial charge in [-0.1, -0.05) is 0 Å². The number of halogens is 1. The Labute approximate surface area is 183 Å². The maximum atomic E-state index is 12.3. The van der Waals surface area contributed by atoms with Crippen LogP contribution in [0, 0.1) is 0 Å². The van der Waals surface area contributed by atoms with Crippen molar-refractivity contribution < 1.29 is 0 Å². The van der Waals surface area contributed by atoms with Gasteiger partial charge in [0, 0.05) is 37.3 Å². The number of thioether (sulfide) groups is 1. The van der Waals surface area contributed by atoms with Crippen molar-refractivity contribution >= 4 is 41.7 Å². The minimum Gasteiger partial charge on any atom is -0.357 e. The molecule has 0 spiro atoms. The van der Waals surface area contributed by atoms with Crippen LogP contribution in [0.3, 0.4) is 0 Å². The summed E-state index contributed by atoms with van der Waals surface area (Å²) in [6.07, 6.45) is 6.54. The third kappa shape index (κ3) is 6.13. The molecule has 1 atom stereocenters.